The molecule has 0 fully saturated rings. The first-order chi connectivity index (χ1) is 10.4. The molecule has 0 bridgehead atoms. The van der Waals surface area contributed by atoms with Crippen LogP contribution in [0.2, 0.25) is 0 Å². The van der Waals surface area contributed by atoms with Crippen molar-refractivity contribution in [2.45, 2.75) is 4.34 Å². The van der Waals surface area contributed by atoms with Crippen LogP contribution in [0.4, 0.5) is 0 Å². The lowest BCUT2D eigenvalue weighted by Crippen LogP contribution is -1.85. The quantitative estimate of drug-likeness (QED) is 0.724. The standard InChI is InChI=1S/C16H14N2OS2/c19-9-10-20-16-18-14(13-7-4-8-17-11-13)15(21-16)12-5-2-1-3-6-12/h1-8,11,19H,9-10H2. The summed E-state index contributed by atoms with van der Waals surface area (Å²) in [5.74, 6) is 0.661. The molecule has 0 amide bonds. The maximum absolute atomic E-state index is 8.98. The number of nitrogens with zero attached hydrogens (tertiary/aromatic N) is 2. The Morgan fingerprint density at radius 3 is 2.57 bits per heavy atom. The monoisotopic (exact) mass is 314 g/mol. The van der Waals surface area contributed by atoms with Crippen LogP contribution in [-0.4, -0.2) is 27.4 Å². The Bertz CT molecular complexity index is 642. The van der Waals surface area contributed by atoms with Gasteiger partial charge >= 0.3 is 0 Å². The van der Waals surface area contributed by atoms with E-state index in [0.717, 1.165) is 26.0 Å². The van der Waals surface area contributed by atoms with Crippen molar-refractivity contribution < 1.29 is 5.11 Å². The van der Waals surface area contributed by atoms with Gasteiger partial charge in [-0.25, -0.2) is 4.98 Å². The van der Waals surface area contributed by atoms with Gasteiger partial charge in [-0.05, 0) is 17.7 Å². The normalized spacial score (nSPS) is 10.7. The van der Waals surface area contributed by atoms with Gasteiger partial charge in [0.05, 0.1) is 17.2 Å². The van der Waals surface area contributed by atoms with Gasteiger partial charge in [0.25, 0.3) is 0 Å². The summed E-state index contributed by atoms with van der Waals surface area (Å²) in [7, 11) is 0. The zero-order chi connectivity index (χ0) is 14.5. The molecule has 1 aromatic carbocycles. The Hall–Kier alpha value is -1.69. The minimum absolute atomic E-state index is 0.160. The molecule has 3 aromatic rings. The van der Waals surface area contributed by atoms with Gasteiger partial charge in [-0.2, -0.15) is 0 Å². The summed E-state index contributed by atoms with van der Waals surface area (Å²) in [6, 6.07) is 14.2. The molecule has 1 N–H and O–H groups in total. The highest BCUT2D eigenvalue weighted by molar-refractivity contribution is 8.01. The summed E-state index contributed by atoms with van der Waals surface area (Å²) in [5.41, 5.74) is 3.13. The van der Waals surface area contributed by atoms with Gasteiger partial charge in [-0.1, -0.05) is 42.1 Å². The van der Waals surface area contributed by atoms with Crippen molar-refractivity contribution in [2.75, 3.05) is 12.4 Å². The largest absolute Gasteiger partial charge is 0.396 e. The summed E-state index contributed by atoms with van der Waals surface area (Å²) >= 11 is 3.24. The average Bonchev–Trinajstić information content (AvgIpc) is 2.99. The van der Waals surface area contributed by atoms with Gasteiger partial charge in [0.2, 0.25) is 0 Å². The Kier molecular flexibility index (Phi) is 4.65. The van der Waals surface area contributed by atoms with Crippen LogP contribution in [0.25, 0.3) is 21.7 Å². The van der Waals surface area contributed by atoms with Crippen LogP contribution in [0.5, 0.6) is 0 Å². The Balaban J connectivity index is 2.06. The third-order valence-corrected chi connectivity index (χ3v) is 5.12. The fraction of sp³-hybridized carbons (Fsp3) is 0.125. The van der Waals surface area contributed by atoms with Crippen LogP contribution in [-0.2, 0) is 0 Å². The van der Waals surface area contributed by atoms with E-state index in [9.17, 15) is 0 Å². The van der Waals surface area contributed by atoms with Crippen LogP contribution in [0.1, 0.15) is 0 Å². The molecule has 0 radical (unpaired) electrons. The molecule has 106 valence electrons. The summed E-state index contributed by atoms with van der Waals surface area (Å²) < 4.78 is 0.974. The number of hydrogen-bond donors (Lipinski definition) is 1. The highest BCUT2D eigenvalue weighted by atomic mass is 32.2. The van der Waals surface area contributed by atoms with E-state index in [1.165, 1.54) is 0 Å². The second-order valence-electron chi connectivity index (χ2n) is 4.34. The molecule has 2 aromatic heterocycles. The summed E-state index contributed by atoms with van der Waals surface area (Å²) in [6.45, 7) is 0.160. The van der Waals surface area contributed by atoms with Gasteiger partial charge in [0.15, 0.2) is 4.34 Å². The predicted octanol–water partition coefficient (Wildman–Crippen LogP) is 3.96. The number of aliphatic hydroxyl groups excluding tert-OH is 1. The highest BCUT2D eigenvalue weighted by Gasteiger charge is 2.15. The first kappa shape index (κ1) is 14.3. The van der Waals surface area contributed by atoms with Crippen molar-refractivity contribution in [3.63, 3.8) is 0 Å². The molecule has 0 aliphatic carbocycles. The third kappa shape index (κ3) is 3.32. The molecule has 3 nitrogen and oxygen atoms in total. The molecular formula is C16H14N2OS2. The molecule has 0 unspecified atom stereocenters. The van der Waals surface area contributed by atoms with E-state index >= 15 is 0 Å². The van der Waals surface area contributed by atoms with E-state index in [-0.39, 0.29) is 6.61 Å². The Morgan fingerprint density at radius 1 is 1.05 bits per heavy atom. The second-order valence-corrected chi connectivity index (χ2v) is 6.68. The number of benzene rings is 1. The van der Waals surface area contributed by atoms with Crippen molar-refractivity contribution in [1.82, 2.24) is 9.97 Å². The molecule has 21 heavy (non-hydrogen) atoms. The molecule has 0 atom stereocenters. The Morgan fingerprint density at radius 2 is 1.86 bits per heavy atom. The summed E-state index contributed by atoms with van der Waals surface area (Å²) in [6.07, 6.45) is 3.60. The van der Waals surface area contributed by atoms with Gasteiger partial charge in [0, 0.05) is 23.7 Å². The number of thiazole rings is 1. The van der Waals surface area contributed by atoms with Crippen molar-refractivity contribution in [2.24, 2.45) is 0 Å². The van der Waals surface area contributed by atoms with Gasteiger partial charge < -0.3 is 5.11 Å². The van der Waals surface area contributed by atoms with Crippen LogP contribution in [0.3, 0.4) is 0 Å². The van der Waals surface area contributed by atoms with Crippen molar-refractivity contribution in [1.29, 1.82) is 0 Å². The highest BCUT2D eigenvalue weighted by Crippen LogP contribution is 2.39. The van der Waals surface area contributed by atoms with Crippen LogP contribution in [0, 0.1) is 0 Å². The average molecular weight is 314 g/mol. The molecule has 0 aliphatic rings. The minimum atomic E-state index is 0.160. The number of hydrogen-bond acceptors (Lipinski definition) is 5. The number of thioether (sulfide) groups is 1. The minimum Gasteiger partial charge on any atom is -0.396 e. The lowest BCUT2D eigenvalue weighted by atomic mass is 10.1. The molecule has 0 saturated heterocycles. The first-order valence-electron chi connectivity index (χ1n) is 6.59. The molecule has 3 rings (SSSR count). The molecule has 5 heteroatoms. The third-order valence-electron chi connectivity index (χ3n) is 2.90. The SMILES string of the molecule is OCCSc1nc(-c2cccnc2)c(-c2ccccc2)s1. The van der Waals surface area contributed by atoms with E-state index in [4.69, 9.17) is 10.1 Å². The van der Waals surface area contributed by atoms with Crippen LogP contribution >= 0.6 is 23.1 Å². The maximum atomic E-state index is 8.98. The summed E-state index contributed by atoms with van der Waals surface area (Å²) in [5, 5.41) is 8.98. The van der Waals surface area contributed by atoms with E-state index in [0.29, 0.717) is 5.75 Å². The number of aromatic nitrogens is 2. The fourth-order valence-electron chi connectivity index (χ4n) is 1.98. The van der Waals surface area contributed by atoms with Gasteiger partial charge in [-0.15, -0.1) is 11.3 Å². The van der Waals surface area contributed by atoms with Crippen LogP contribution in [0.15, 0.2) is 59.2 Å². The number of rotatable bonds is 5. The maximum Gasteiger partial charge on any atom is 0.151 e. The van der Waals surface area contributed by atoms with Crippen molar-refractivity contribution in [3.8, 4) is 21.7 Å². The fourth-order valence-corrected chi connectivity index (χ4v) is 3.96. The molecule has 2 heterocycles. The van der Waals surface area contributed by atoms with Crippen molar-refractivity contribution >= 4 is 23.1 Å². The van der Waals surface area contributed by atoms with E-state index in [2.05, 4.69) is 17.1 Å². The van der Waals surface area contributed by atoms with Crippen LogP contribution < -0.4 is 0 Å². The lowest BCUT2D eigenvalue weighted by molar-refractivity contribution is 0.322. The molecule has 0 spiro atoms. The number of pyridine rings is 1. The van der Waals surface area contributed by atoms with E-state index < -0.39 is 0 Å². The van der Waals surface area contributed by atoms with Gasteiger partial charge in [0.1, 0.15) is 0 Å². The molecular weight excluding hydrogens is 300 g/mol. The number of aliphatic hydroxyl groups is 1. The second kappa shape index (κ2) is 6.85. The van der Waals surface area contributed by atoms with Crippen molar-refractivity contribution in [3.05, 3.63) is 54.9 Å². The lowest BCUT2D eigenvalue weighted by Gasteiger charge is -2.01. The Labute approximate surface area is 131 Å². The zero-order valence-electron chi connectivity index (χ0n) is 11.3. The zero-order valence-corrected chi connectivity index (χ0v) is 12.9. The van der Waals surface area contributed by atoms with E-state index in [1.807, 2.05) is 36.5 Å². The van der Waals surface area contributed by atoms with E-state index in [1.54, 1.807) is 29.3 Å². The molecule has 0 aliphatic heterocycles. The first-order valence-corrected chi connectivity index (χ1v) is 8.39. The topological polar surface area (TPSA) is 46.0 Å². The van der Waals surface area contributed by atoms with Gasteiger partial charge in [-0.3, -0.25) is 4.98 Å². The summed E-state index contributed by atoms with van der Waals surface area (Å²) in [4.78, 5) is 10.1. The predicted molar refractivity (Wildman–Crippen MR) is 88.6 cm³/mol. The smallest absolute Gasteiger partial charge is 0.151 e. The molecule has 0 saturated carbocycles.